The number of carbonyl (C=O) groups excluding carboxylic acids is 1. The molecule has 1 heterocycles. The van der Waals surface area contributed by atoms with Crippen LogP contribution in [-0.2, 0) is 6.54 Å². The van der Waals surface area contributed by atoms with Gasteiger partial charge in [-0.05, 0) is 37.6 Å². The Balaban J connectivity index is 1.89. The molecule has 3 aromatic rings. The smallest absolute Gasteiger partial charge is 0.408 e. The van der Waals surface area contributed by atoms with Crippen molar-refractivity contribution in [1.82, 2.24) is 4.57 Å². The minimum Gasteiger partial charge on any atom is -0.408 e. The molecule has 3 rings (SSSR count). The van der Waals surface area contributed by atoms with Crippen LogP contribution in [0.3, 0.4) is 0 Å². The van der Waals surface area contributed by atoms with E-state index in [2.05, 4.69) is 5.32 Å². The first-order valence-corrected chi connectivity index (χ1v) is 7.60. The van der Waals surface area contributed by atoms with Gasteiger partial charge in [-0.1, -0.05) is 24.6 Å². The van der Waals surface area contributed by atoms with Gasteiger partial charge in [0, 0.05) is 23.9 Å². The molecule has 0 saturated heterocycles. The SMILES string of the molecule is CCCn1c(=O)oc2cc(NC(=O)c3cccc(C)c3)ccc21. The number of anilines is 1. The summed E-state index contributed by atoms with van der Waals surface area (Å²) in [6.07, 6.45) is 0.848. The number of hydrogen-bond acceptors (Lipinski definition) is 3. The largest absolute Gasteiger partial charge is 0.419 e. The monoisotopic (exact) mass is 310 g/mol. The zero-order valence-corrected chi connectivity index (χ0v) is 13.1. The van der Waals surface area contributed by atoms with Crippen molar-refractivity contribution in [3.63, 3.8) is 0 Å². The van der Waals surface area contributed by atoms with Gasteiger partial charge in [0.05, 0.1) is 5.52 Å². The molecule has 0 radical (unpaired) electrons. The average molecular weight is 310 g/mol. The summed E-state index contributed by atoms with van der Waals surface area (Å²) in [4.78, 5) is 24.1. The molecule has 0 aliphatic rings. The van der Waals surface area contributed by atoms with Crippen molar-refractivity contribution in [1.29, 1.82) is 0 Å². The molecule has 1 amide bonds. The van der Waals surface area contributed by atoms with Gasteiger partial charge >= 0.3 is 5.76 Å². The van der Waals surface area contributed by atoms with E-state index in [0.29, 0.717) is 23.4 Å². The summed E-state index contributed by atoms with van der Waals surface area (Å²) in [6, 6.07) is 12.6. The number of carbonyl (C=O) groups is 1. The molecule has 1 N–H and O–H groups in total. The fourth-order valence-electron chi connectivity index (χ4n) is 2.57. The number of nitrogens with zero attached hydrogens (tertiary/aromatic N) is 1. The van der Waals surface area contributed by atoms with Crippen LogP contribution in [0.15, 0.2) is 51.7 Å². The molecule has 5 heteroatoms. The second-order valence-electron chi connectivity index (χ2n) is 5.53. The molecule has 0 spiro atoms. The topological polar surface area (TPSA) is 64.2 Å². The lowest BCUT2D eigenvalue weighted by atomic mass is 10.1. The molecule has 2 aromatic carbocycles. The van der Waals surface area contributed by atoms with Gasteiger partial charge in [-0.25, -0.2) is 4.79 Å². The summed E-state index contributed by atoms with van der Waals surface area (Å²) in [6.45, 7) is 4.55. The van der Waals surface area contributed by atoms with Gasteiger partial charge in [-0.2, -0.15) is 0 Å². The lowest BCUT2D eigenvalue weighted by Crippen LogP contribution is -2.13. The maximum Gasteiger partial charge on any atom is 0.419 e. The molecule has 0 unspecified atom stereocenters. The van der Waals surface area contributed by atoms with Crippen LogP contribution in [0.5, 0.6) is 0 Å². The first kappa shape index (κ1) is 15.1. The first-order valence-electron chi connectivity index (χ1n) is 7.60. The predicted molar refractivity (Wildman–Crippen MR) is 89.9 cm³/mol. The molecule has 0 aliphatic heterocycles. The Bertz CT molecular complexity index is 921. The van der Waals surface area contributed by atoms with Crippen LogP contribution in [0.4, 0.5) is 5.69 Å². The molecule has 0 aliphatic carbocycles. The molecule has 118 valence electrons. The van der Waals surface area contributed by atoms with Crippen molar-refractivity contribution in [2.24, 2.45) is 0 Å². The maximum absolute atomic E-state index is 12.3. The molecule has 0 fully saturated rings. The van der Waals surface area contributed by atoms with Crippen LogP contribution >= 0.6 is 0 Å². The van der Waals surface area contributed by atoms with E-state index in [4.69, 9.17) is 4.42 Å². The fourth-order valence-corrected chi connectivity index (χ4v) is 2.57. The van der Waals surface area contributed by atoms with Crippen molar-refractivity contribution in [2.45, 2.75) is 26.8 Å². The van der Waals surface area contributed by atoms with Gasteiger partial charge < -0.3 is 9.73 Å². The number of hydrogen-bond donors (Lipinski definition) is 1. The van der Waals surface area contributed by atoms with E-state index in [-0.39, 0.29) is 11.7 Å². The van der Waals surface area contributed by atoms with E-state index in [1.807, 2.05) is 32.0 Å². The van der Waals surface area contributed by atoms with Gasteiger partial charge in [-0.15, -0.1) is 0 Å². The highest BCUT2D eigenvalue weighted by Gasteiger charge is 2.11. The van der Waals surface area contributed by atoms with Crippen LogP contribution < -0.4 is 11.1 Å². The van der Waals surface area contributed by atoms with E-state index in [1.54, 1.807) is 28.8 Å². The van der Waals surface area contributed by atoms with Crippen molar-refractivity contribution < 1.29 is 9.21 Å². The Hall–Kier alpha value is -2.82. The highest BCUT2D eigenvalue weighted by molar-refractivity contribution is 6.05. The molecule has 0 atom stereocenters. The third-order valence-corrected chi connectivity index (χ3v) is 3.65. The summed E-state index contributed by atoms with van der Waals surface area (Å²) >= 11 is 0. The van der Waals surface area contributed by atoms with Crippen LogP contribution in [0.25, 0.3) is 11.1 Å². The van der Waals surface area contributed by atoms with Crippen LogP contribution in [0, 0.1) is 6.92 Å². The Morgan fingerprint density at radius 1 is 1.22 bits per heavy atom. The quantitative estimate of drug-likeness (QED) is 0.801. The summed E-state index contributed by atoms with van der Waals surface area (Å²) < 4.78 is 6.85. The van der Waals surface area contributed by atoms with E-state index in [9.17, 15) is 9.59 Å². The Kier molecular flexibility index (Phi) is 4.02. The van der Waals surface area contributed by atoms with Crippen LogP contribution in [0.1, 0.15) is 29.3 Å². The molecule has 23 heavy (non-hydrogen) atoms. The van der Waals surface area contributed by atoms with E-state index in [1.165, 1.54) is 0 Å². The summed E-state index contributed by atoms with van der Waals surface area (Å²) in [5, 5.41) is 2.83. The number of aromatic nitrogens is 1. The lowest BCUT2D eigenvalue weighted by molar-refractivity contribution is 0.102. The second kappa shape index (κ2) is 6.12. The average Bonchev–Trinajstić information content (AvgIpc) is 2.83. The van der Waals surface area contributed by atoms with E-state index in [0.717, 1.165) is 17.5 Å². The minimum absolute atomic E-state index is 0.191. The van der Waals surface area contributed by atoms with E-state index >= 15 is 0 Å². The van der Waals surface area contributed by atoms with Gasteiger partial charge in [0.2, 0.25) is 0 Å². The standard InChI is InChI=1S/C18H18N2O3/c1-3-9-20-15-8-7-14(11-16(15)23-18(20)22)19-17(21)13-6-4-5-12(2)10-13/h4-8,10-11H,3,9H2,1-2H3,(H,19,21). The van der Waals surface area contributed by atoms with Crippen molar-refractivity contribution in [3.8, 4) is 0 Å². The molecule has 5 nitrogen and oxygen atoms in total. The number of oxazole rings is 1. The van der Waals surface area contributed by atoms with Gasteiger partial charge in [-0.3, -0.25) is 9.36 Å². The number of nitrogens with one attached hydrogen (secondary N) is 1. The molecule has 0 saturated carbocycles. The minimum atomic E-state index is -0.371. The highest BCUT2D eigenvalue weighted by atomic mass is 16.4. The number of rotatable bonds is 4. The predicted octanol–water partition coefficient (Wildman–Crippen LogP) is 3.57. The number of aryl methyl sites for hydroxylation is 2. The zero-order chi connectivity index (χ0) is 16.4. The Morgan fingerprint density at radius 3 is 2.78 bits per heavy atom. The number of amides is 1. The highest BCUT2D eigenvalue weighted by Crippen LogP contribution is 2.19. The normalized spacial score (nSPS) is 10.9. The van der Waals surface area contributed by atoms with Crippen LogP contribution in [-0.4, -0.2) is 10.5 Å². The molecular weight excluding hydrogens is 292 g/mol. The van der Waals surface area contributed by atoms with Crippen molar-refractivity contribution >= 4 is 22.7 Å². The third kappa shape index (κ3) is 3.04. The van der Waals surface area contributed by atoms with E-state index < -0.39 is 0 Å². The first-order chi connectivity index (χ1) is 11.1. The Labute approximate surface area is 133 Å². The van der Waals surface area contributed by atoms with Gasteiger partial charge in [0.1, 0.15) is 0 Å². The van der Waals surface area contributed by atoms with Crippen LogP contribution in [0.2, 0.25) is 0 Å². The summed E-state index contributed by atoms with van der Waals surface area (Å²) in [5.74, 6) is -0.563. The fraction of sp³-hybridized carbons (Fsp3) is 0.222. The van der Waals surface area contributed by atoms with Gasteiger partial charge in [0.15, 0.2) is 5.58 Å². The number of benzene rings is 2. The van der Waals surface area contributed by atoms with Crippen molar-refractivity contribution in [3.05, 3.63) is 64.1 Å². The van der Waals surface area contributed by atoms with Crippen molar-refractivity contribution in [2.75, 3.05) is 5.32 Å². The third-order valence-electron chi connectivity index (χ3n) is 3.65. The molecule has 1 aromatic heterocycles. The summed E-state index contributed by atoms with van der Waals surface area (Å²) in [5.41, 5.74) is 3.43. The lowest BCUT2D eigenvalue weighted by Gasteiger charge is -2.06. The summed E-state index contributed by atoms with van der Waals surface area (Å²) in [7, 11) is 0. The maximum atomic E-state index is 12.3. The molecule has 0 bridgehead atoms. The zero-order valence-electron chi connectivity index (χ0n) is 13.1. The molecular formula is C18H18N2O3. The van der Waals surface area contributed by atoms with Gasteiger partial charge in [0.25, 0.3) is 5.91 Å². The number of fused-ring (bicyclic) bond motifs is 1. The second-order valence-corrected chi connectivity index (χ2v) is 5.53. The Morgan fingerprint density at radius 2 is 2.04 bits per heavy atom.